The summed E-state index contributed by atoms with van der Waals surface area (Å²) < 4.78 is 0. The summed E-state index contributed by atoms with van der Waals surface area (Å²) in [5.41, 5.74) is 1.55. The smallest absolute Gasteiger partial charge is 0.270 e. The molecule has 7 nitrogen and oxygen atoms in total. The molecule has 22 heavy (non-hydrogen) atoms. The fraction of sp³-hybridized carbons (Fsp3) is 0.400. The van der Waals surface area contributed by atoms with Crippen LogP contribution in [0, 0.1) is 0 Å². The fourth-order valence-electron chi connectivity index (χ4n) is 2.06. The van der Waals surface area contributed by atoms with E-state index in [1.54, 1.807) is 5.01 Å². The first-order chi connectivity index (χ1) is 10.6. The van der Waals surface area contributed by atoms with Crippen LogP contribution in [0.4, 0.5) is 5.69 Å². The Balaban J connectivity index is 1.90. The quantitative estimate of drug-likeness (QED) is 0.487. The van der Waals surface area contributed by atoms with Crippen molar-refractivity contribution in [3.63, 3.8) is 0 Å². The molecule has 1 aliphatic heterocycles. The predicted octanol–water partition coefficient (Wildman–Crippen LogP) is 1.22. The minimum Gasteiger partial charge on any atom is -0.326 e. The summed E-state index contributed by atoms with van der Waals surface area (Å²) in [5, 5.41) is 11.1. The Morgan fingerprint density at radius 2 is 2.14 bits per heavy atom. The molecule has 1 fully saturated rings. The van der Waals surface area contributed by atoms with Crippen LogP contribution in [0.15, 0.2) is 35.6 Å². The number of nitrogens with zero attached hydrogens (tertiary/aromatic N) is 3. The van der Waals surface area contributed by atoms with Crippen LogP contribution in [0.3, 0.4) is 0 Å². The van der Waals surface area contributed by atoms with E-state index in [9.17, 15) is 9.59 Å². The average Bonchev–Trinajstić information content (AvgIpc) is 2.84. The number of carbonyl (C=O) groups excluding carboxylic acids is 2. The standard InChI is InChI=1S/C15H19N5O2/c1-11(2)18-19-20-10-16-15(22)13(20)8-9-14(21)17-12-6-4-3-5-7-12/h3-7,13H,8-10H2,1-2H3,(H-,16,17,21,22)/p+1. The fourth-order valence-corrected chi connectivity index (χ4v) is 2.06. The van der Waals surface area contributed by atoms with Gasteiger partial charge in [-0.2, -0.15) is 0 Å². The van der Waals surface area contributed by atoms with Crippen LogP contribution in [0.5, 0.6) is 0 Å². The Morgan fingerprint density at radius 1 is 1.41 bits per heavy atom. The van der Waals surface area contributed by atoms with Crippen molar-refractivity contribution in [2.45, 2.75) is 32.7 Å². The Bertz CT molecular complexity index is 604. The van der Waals surface area contributed by atoms with E-state index in [1.165, 1.54) is 0 Å². The molecule has 1 aromatic rings. The van der Waals surface area contributed by atoms with E-state index >= 15 is 0 Å². The lowest BCUT2D eigenvalue weighted by atomic mass is 10.1. The van der Waals surface area contributed by atoms with Gasteiger partial charge in [-0.1, -0.05) is 23.0 Å². The highest BCUT2D eigenvalue weighted by molar-refractivity contribution is 5.91. The molecule has 116 valence electrons. The minimum atomic E-state index is -0.454. The normalized spacial score (nSPS) is 16.7. The molecule has 2 rings (SSSR count). The summed E-state index contributed by atoms with van der Waals surface area (Å²) in [6, 6.07) is 8.77. The summed E-state index contributed by atoms with van der Waals surface area (Å²) in [4.78, 5) is 27.7. The first-order valence-electron chi connectivity index (χ1n) is 7.17. The highest BCUT2D eigenvalue weighted by Gasteiger charge is 2.38. The molecule has 1 unspecified atom stereocenters. The van der Waals surface area contributed by atoms with E-state index < -0.39 is 6.04 Å². The Hall–Kier alpha value is -2.66. The Morgan fingerprint density at radius 3 is 2.82 bits per heavy atom. The monoisotopic (exact) mass is 302 g/mol. The van der Waals surface area contributed by atoms with Gasteiger partial charge in [-0.25, -0.2) is 0 Å². The van der Waals surface area contributed by atoms with E-state index in [1.807, 2.05) is 44.2 Å². The van der Waals surface area contributed by atoms with Crippen molar-refractivity contribution in [2.75, 3.05) is 12.0 Å². The summed E-state index contributed by atoms with van der Waals surface area (Å²) >= 11 is 0. The molecular weight excluding hydrogens is 282 g/mol. The zero-order valence-electron chi connectivity index (χ0n) is 12.7. The van der Waals surface area contributed by atoms with Gasteiger partial charge in [0.15, 0.2) is 17.9 Å². The minimum absolute atomic E-state index is 0.124. The number of carbonyl (C=O) groups is 2. The van der Waals surface area contributed by atoms with E-state index in [4.69, 9.17) is 0 Å². The van der Waals surface area contributed by atoms with Gasteiger partial charge in [0.1, 0.15) is 0 Å². The molecule has 0 aromatic heterocycles. The SMILES string of the molecule is CC(C)=[N+]=NN1CNC(=O)C1CCC(=O)Nc1ccccc1. The van der Waals surface area contributed by atoms with Crippen molar-refractivity contribution in [3.8, 4) is 0 Å². The van der Waals surface area contributed by atoms with Gasteiger partial charge < -0.3 is 10.6 Å². The molecule has 1 heterocycles. The van der Waals surface area contributed by atoms with E-state index in [0.717, 1.165) is 11.4 Å². The van der Waals surface area contributed by atoms with E-state index in [2.05, 4.69) is 20.6 Å². The third-order valence-electron chi connectivity index (χ3n) is 3.14. The second-order valence-electron chi connectivity index (χ2n) is 5.24. The third kappa shape index (κ3) is 4.43. The van der Waals surface area contributed by atoms with Gasteiger partial charge in [0.05, 0.1) is 0 Å². The van der Waals surface area contributed by atoms with Gasteiger partial charge in [-0.05, 0) is 12.1 Å². The molecule has 2 amide bonds. The predicted molar refractivity (Wildman–Crippen MR) is 82.0 cm³/mol. The van der Waals surface area contributed by atoms with Gasteiger partial charge in [0, 0.05) is 32.4 Å². The molecule has 1 aromatic carbocycles. The van der Waals surface area contributed by atoms with Crippen LogP contribution in [0.2, 0.25) is 0 Å². The van der Waals surface area contributed by atoms with Crippen LogP contribution >= 0.6 is 0 Å². The molecule has 2 N–H and O–H groups in total. The van der Waals surface area contributed by atoms with Gasteiger partial charge in [0.2, 0.25) is 11.6 Å². The molecule has 1 saturated heterocycles. The number of rotatable bonds is 5. The maximum atomic E-state index is 11.9. The van der Waals surface area contributed by atoms with Crippen molar-refractivity contribution in [3.05, 3.63) is 30.3 Å². The second kappa shape index (κ2) is 7.38. The van der Waals surface area contributed by atoms with Crippen LogP contribution in [0.25, 0.3) is 0 Å². The first-order valence-corrected chi connectivity index (χ1v) is 7.17. The molecular formula is C15H20N5O2+. The maximum absolute atomic E-state index is 11.9. The number of anilines is 1. The van der Waals surface area contributed by atoms with Crippen molar-refractivity contribution >= 4 is 23.2 Å². The number of amides is 2. The molecule has 0 saturated carbocycles. The molecule has 7 heteroatoms. The Labute approximate surface area is 129 Å². The topological polar surface area (TPSA) is 87.9 Å². The molecule has 1 aliphatic rings. The Kier molecular flexibility index (Phi) is 5.27. The lowest BCUT2D eigenvalue weighted by Gasteiger charge is -2.09. The van der Waals surface area contributed by atoms with Crippen molar-refractivity contribution in [1.82, 2.24) is 10.3 Å². The molecule has 0 aliphatic carbocycles. The number of para-hydroxylation sites is 1. The molecule has 0 radical (unpaired) electrons. The van der Waals surface area contributed by atoms with Crippen LogP contribution in [-0.2, 0) is 9.59 Å². The number of benzene rings is 1. The first kappa shape index (κ1) is 15.7. The zero-order valence-corrected chi connectivity index (χ0v) is 12.7. The van der Waals surface area contributed by atoms with Crippen molar-refractivity contribution in [2.24, 2.45) is 5.22 Å². The van der Waals surface area contributed by atoms with E-state index in [-0.39, 0.29) is 18.2 Å². The molecule has 0 bridgehead atoms. The van der Waals surface area contributed by atoms with Crippen molar-refractivity contribution in [1.29, 1.82) is 0 Å². The summed E-state index contributed by atoms with van der Waals surface area (Å²) in [7, 11) is 0. The summed E-state index contributed by atoms with van der Waals surface area (Å²) in [5.74, 6) is -0.249. The van der Waals surface area contributed by atoms with Crippen LogP contribution < -0.4 is 10.6 Å². The maximum Gasteiger partial charge on any atom is 0.270 e. The van der Waals surface area contributed by atoms with Gasteiger partial charge in [-0.15, -0.1) is 5.01 Å². The number of nitrogens with one attached hydrogen (secondary N) is 2. The average molecular weight is 302 g/mol. The van der Waals surface area contributed by atoms with Gasteiger partial charge >= 0.3 is 0 Å². The highest BCUT2D eigenvalue weighted by atomic mass is 16.2. The van der Waals surface area contributed by atoms with Gasteiger partial charge in [0.25, 0.3) is 5.91 Å². The largest absolute Gasteiger partial charge is 0.326 e. The van der Waals surface area contributed by atoms with E-state index in [0.29, 0.717) is 13.1 Å². The summed E-state index contributed by atoms with van der Waals surface area (Å²) in [6.45, 7) is 3.98. The van der Waals surface area contributed by atoms with Crippen molar-refractivity contribution < 1.29 is 14.4 Å². The van der Waals surface area contributed by atoms with Gasteiger partial charge in [-0.3, -0.25) is 9.59 Å². The highest BCUT2D eigenvalue weighted by Crippen LogP contribution is 2.13. The molecule has 0 spiro atoms. The lowest BCUT2D eigenvalue weighted by Crippen LogP contribution is -2.31. The third-order valence-corrected chi connectivity index (χ3v) is 3.14. The zero-order chi connectivity index (χ0) is 15.9. The second-order valence-corrected chi connectivity index (χ2v) is 5.24. The number of hydrogen-bond donors (Lipinski definition) is 2. The number of hydrogen-bond acceptors (Lipinski definition) is 3. The lowest BCUT2D eigenvalue weighted by molar-refractivity contribution is -0.151. The van der Waals surface area contributed by atoms with Crippen LogP contribution in [0.1, 0.15) is 26.7 Å². The van der Waals surface area contributed by atoms with Crippen LogP contribution in [-0.4, -0.2) is 40.0 Å². The summed E-state index contributed by atoms with van der Waals surface area (Å²) in [6.07, 6.45) is 0.639. The molecule has 1 atom stereocenters.